The van der Waals surface area contributed by atoms with E-state index in [-0.39, 0.29) is 11.3 Å². The van der Waals surface area contributed by atoms with Gasteiger partial charge in [0, 0.05) is 17.8 Å². The molecule has 130 valence electrons. The fourth-order valence-corrected chi connectivity index (χ4v) is 3.89. The average Bonchev–Trinajstić information content (AvgIpc) is 2.57. The van der Waals surface area contributed by atoms with Crippen LogP contribution in [-0.4, -0.2) is 11.3 Å². The molecule has 0 amide bonds. The molecule has 2 aromatic rings. The van der Waals surface area contributed by atoms with Crippen LogP contribution in [0.4, 0.5) is 5.69 Å². The molecule has 0 bridgehead atoms. The summed E-state index contributed by atoms with van der Waals surface area (Å²) < 4.78 is 0. The number of hydrogen-bond donors (Lipinski definition) is 0. The van der Waals surface area contributed by atoms with Gasteiger partial charge in [-0.25, -0.2) is 0 Å². The molecular formula is C23H27NO. The molecule has 0 saturated carbocycles. The summed E-state index contributed by atoms with van der Waals surface area (Å²) in [5.74, 6) is 0.584. The number of carbonyl (C=O) groups is 1. The molecule has 0 N–H and O–H groups in total. The molecule has 2 nitrogen and oxygen atoms in total. The summed E-state index contributed by atoms with van der Waals surface area (Å²) in [6, 6.07) is 17.2. The van der Waals surface area contributed by atoms with Gasteiger partial charge in [0.2, 0.25) is 0 Å². The molecule has 2 heteroatoms. The van der Waals surface area contributed by atoms with Crippen LogP contribution in [-0.2, 0) is 11.3 Å². The molecule has 0 aliphatic carbocycles. The molecule has 0 fully saturated rings. The molecule has 25 heavy (non-hydrogen) atoms. The predicted octanol–water partition coefficient (Wildman–Crippen LogP) is 5.58. The van der Waals surface area contributed by atoms with E-state index in [1.54, 1.807) is 13.0 Å². The van der Waals surface area contributed by atoms with Gasteiger partial charge in [-0.2, -0.15) is 0 Å². The number of hydrogen-bond acceptors (Lipinski definition) is 2. The van der Waals surface area contributed by atoms with Crippen LogP contribution in [0.2, 0.25) is 0 Å². The highest BCUT2D eigenvalue weighted by molar-refractivity contribution is 5.91. The molecule has 0 aromatic heterocycles. The second kappa shape index (κ2) is 6.87. The van der Waals surface area contributed by atoms with Crippen LogP contribution >= 0.6 is 0 Å². The predicted molar refractivity (Wildman–Crippen MR) is 106 cm³/mol. The summed E-state index contributed by atoms with van der Waals surface area (Å²) in [6.07, 6.45) is 4.67. The number of nitrogens with zero attached hydrogens (tertiary/aromatic N) is 1. The van der Waals surface area contributed by atoms with Crippen molar-refractivity contribution in [1.82, 2.24) is 0 Å². The van der Waals surface area contributed by atoms with Crippen molar-refractivity contribution in [2.24, 2.45) is 0 Å². The van der Waals surface area contributed by atoms with Crippen molar-refractivity contribution in [2.45, 2.75) is 52.1 Å². The quantitative estimate of drug-likeness (QED) is 0.681. The van der Waals surface area contributed by atoms with E-state index in [9.17, 15) is 4.79 Å². The number of anilines is 1. The van der Waals surface area contributed by atoms with Crippen LogP contribution < -0.4 is 4.90 Å². The van der Waals surface area contributed by atoms with Crippen molar-refractivity contribution in [2.75, 3.05) is 4.90 Å². The Kier molecular flexibility index (Phi) is 4.80. The maximum absolute atomic E-state index is 11.2. The number of benzene rings is 2. The van der Waals surface area contributed by atoms with Gasteiger partial charge in [0.25, 0.3) is 0 Å². The summed E-state index contributed by atoms with van der Waals surface area (Å²) >= 11 is 0. The van der Waals surface area contributed by atoms with Crippen molar-refractivity contribution < 1.29 is 4.79 Å². The van der Waals surface area contributed by atoms with E-state index in [1.807, 2.05) is 6.08 Å². The smallest absolute Gasteiger partial charge is 0.152 e. The molecule has 1 aliphatic rings. The van der Waals surface area contributed by atoms with Gasteiger partial charge in [-0.05, 0) is 68.0 Å². The first-order chi connectivity index (χ1) is 11.9. The highest BCUT2D eigenvalue weighted by Gasteiger charge is 2.36. The molecule has 3 rings (SSSR count). The van der Waals surface area contributed by atoms with Crippen molar-refractivity contribution in [3.63, 3.8) is 0 Å². The molecule has 1 atom stereocenters. The van der Waals surface area contributed by atoms with Gasteiger partial charge in [-0.15, -0.1) is 0 Å². The second-order valence-electron chi connectivity index (χ2n) is 7.75. The monoisotopic (exact) mass is 333 g/mol. The molecule has 1 unspecified atom stereocenters. The van der Waals surface area contributed by atoms with Gasteiger partial charge in [0.15, 0.2) is 5.78 Å². The maximum Gasteiger partial charge on any atom is 0.152 e. The summed E-state index contributed by atoms with van der Waals surface area (Å²) in [5.41, 5.74) is 5.23. The van der Waals surface area contributed by atoms with Crippen LogP contribution in [0, 0.1) is 0 Å². The van der Waals surface area contributed by atoms with Gasteiger partial charge in [0.1, 0.15) is 0 Å². The first-order valence-electron chi connectivity index (χ1n) is 9.01. The highest BCUT2D eigenvalue weighted by atomic mass is 16.1. The molecule has 2 aromatic carbocycles. The Morgan fingerprint density at radius 2 is 1.92 bits per heavy atom. The minimum absolute atomic E-state index is 0.0811. The highest BCUT2D eigenvalue weighted by Crippen LogP contribution is 2.44. The number of ketones is 1. The van der Waals surface area contributed by atoms with Crippen LogP contribution in [0.1, 0.15) is 56.7 Å². The maximum atomic E-state index is 11.2. The van der Waals surface area contributed by atoms with Gasteiger partial charge in [-0.3, -0.25) is 4.79 Å². The Labute approximate surface area is 151 Å². The minimum atomic E-state index is 0.0811. The third-order valence-corrected chi connectivity index (χ3v) is 5.10. The zero-order valence-corrected chi connectivity index (χ0v) is 15.6. The average molecular weight is 333 g/mol. The third-order valence-electron chi connectivity index (χ3n) is 5.10. The van der Waals surface area contributed by atoms with Crippen molar-refractivity contribution >= 4 is 17.5 Å². The Hall–Kier alpha value is -2.35. The van der Waals surface area contributed by atoms with Crippen molar-refractivity contribution in [3.05, 3.63) is 71.3 Å². The summed E-state index contributed by atoms with van der Waals surface area (Å²) in [7, 11) is 0. The van der Waals surface area contributed by atoms with E-state index in [4.69, 9.17) is 0 Å². The zero-order chi connectivity index (χ0) is 18.0. The number of carbonyl (C=O) groups excluding carboxylic acids is 1. The molecule has 0 radical (unpaired) electrons. The lowest BCUT2D eigenvalue weighted by Gasteiger charge is -2.47. The molecule has 1 heterocycles. The molecule has 0 saturated heterocycles. The Morgan fingerprint density at radius 1 is 1.20 bits per heavy atom. The van der Waals surface area contributed by atoms with Crippen LogP contribution in [0.5, 0.6) is 0 Å². The van der Waals surface area contributed by atoms with Crippen LogP contribution in [0.15, 0.2) is 54.6 Å². The van der Waals surface area contributed by atoms with Gasteiger partial charge >= 0.3 is 0 Å². The van der Waals surface area contributed by atoms with Crippen molar-refractivity contribution in [1.29, 1.82) is 0 Å². The van der Waals surface area contributed by atoms with Gasteiger partial charge in [0.05, 0.1) is 0 Å². The first kappa shape index (κ1) is 17.5. The largest absolute Gasteiger partial charge is 0.362 e. The van der Waals surface area contributed by atoms with Crippen LogP contribution in [0.25, 0.3) is 6.08 Å². The number of rotatable bonds is 4. The van der Waals surface area contributed by atoms with E-state index in [0.29, 0.717) is 5.92 Å². The lowest BCUT2D eigenvalue weighted by atomic mass is 9.79. The van der Waals surface area contributed by atoms with E-state index in [1.165, 1.54) is 16.8 Å². The fourth-order valence-electron chi connectivity index (χ4n) is 3.89. The molecular weight excluding hydrogens is 306 g/mol. The van der Waals surface area contributed by atoms with Crippen molar-refractivity contribution in [3.8, 4) is 0 Å². The summed E-state index contributed by atoms with van der Waals surface area (Å²) in [5, 5.41) is 0. The lowest BCUT2D eigenvalue weighted by Crippen LogP contribution is -2.47. The van der Waals surface area contributed by atoms with E-state index in [2.05, 4.69) is 74.2 Å². The van der Waals surface area contributed by atoms with Gasteiger partial charge in [-0.1, -0.05) is 49.4 Å². The third kappa shape index (κ3) is 3.84. The summed E-state index contributed by atoms with van der Waals surface area (Å²) in [6.45, 7) is 9.47. The first-order valence-corrected chi connectivity index (χ1v) is 9.01. The normalized spacial score (nSPS) is 19.0. The fraction of sp³-hybridized carbons (Fsp3) is 0.348. The van der Waals surface area contributed by atoms with E-state index >= 15 is 0 Å². The number of fused-ring (bicyclic) bond motifs is 1. The Balaban J connectivity index is 1.99. The second-order valence-corrected chi connectivity index (χ2v) is 7.75. The van der Waals surface area contributed by atoms with Gasteiger partial charge < -0.3 is 4.90 Å². The lowest BCUT2D eigenvalue weighted by molar-refractivity contribution is -0.112. The molecule has 1 aliphatic heterocycles. The summed E-state index contributed by atoms with van der Waals surface area (Å²) in [4.78, 5) is 13.7. The van der Waals surface area contributed by atoms with Crippen LogP contribution in [0.3, 0.4) is 0 Å². The Morgan fingerprint density at radius 3 is 2.60 bits per heavy atom. The minimum Gasteiger partial charge on any atom is -0.362 e. The number of allylic oxidation sites excluding steroid dienone is 1. The SMILES string of the molecule is CC(=O)/C=C/c1ccc2c(c1)C(C)CC(C)(C)N2Cc1ccccc1. The van der Waals surface area contributed by atoms with E-state index < -0.39 is 0 Å². The molecule has 0 spiro atoms. The Bertz CT molecular complexity index is 789. The standard InChI is InChI=1S/C23H27NO/c1-17-15-23(3,4)24(16-20-8-6-5-7-9-20)22-13-12-19(14-21(17)22)11-10-18(2)25/h5-14,17H,15-16H2,1-4H3/b11-10+. The van der Waals surface area contributed by atoms with E-state index in [0.717, 1.165) is 18.5 Å². The topological polar surface area (TPSA) is 20.3 Å². The zero-order valence-electron chi connectivity index (χ0n) is 15.6.